The minimum Gasteiger partial charge on any atom is -0.480 e. The van der Waals surface area contributed by atoms with Crippen molar-refractivity contribution in [1.82, 2.24) is 10.2 Å². The zero-order valence-electron chi connectivity index (χ0n) is 10.3. The van der Waals surface area contributed by atoms with Crippen molar-refractivity contribution < 1.29 is 15.0 Å². The lowest BCUT2D eigenvalue weighted by atomic mass is 10.2. The largest absolute Gasteiger partial charge is 0.480 e. The third-order valence-electron chi connectivity index (χ3n) is 3.11. The number of β-amino-alcohol motifs (C(OH)–C–C–N with tert-alkyl or cyclic N) is 1. The number of nitrogens with zero attached hydrogens (tertiary/aromatic N) is 1. The van der Waals surface area contributed by atoms with Crippen LogP contribution in [0.3, 0.4) is 0 Å². The molecule has 1 aromatic carbocycles. The molecule has 0 amide bonds. The van der Waals surface area contributed by atoms with Crippen molar-refractivity contribution in [3.8, 4) is 0 Å². The maximum Gasteiger partial charge on any atom is 0.326 e. The zero-order valence-corrected chi connectivity index (χ0v) is 11.1. The Morgan fingerprint density at radius 1 is 1.42 bits per heavy atom. The van der Waals surface area contributed by atoms with Gasteiger partial charge in [0, 0.05) is 19.5 Å². The molecule has 2 rings (SSSR count). The molecule has 1 saturated heterocycles. The van der Waals surface area contributed by atoms with Gasteiger partial charge in [-0.2, -0.15) is 0 Å². The van der Waals surface area contributed by atoms with Crippen LogP contribution in [0.25, 0.3) is 0 Å². The molecule has 1 heterocycles. The van der Waals surface area contributed by atoms with Crippen LogP contribution in [0.5, 0.6) is 0 Å². The lowest BCUT2D eigenvalue weighted by Gasteiger charge is -2.24. The first-order valence-electron chi connectivity index (χ1n) is 6.07. The van der Waals surface area contributed by atoms with Crippen LogP contribution in [-0.4, -0.2) is 44.9 Å². The first kappa shape index (κ1) is 13.8. The number of aliphatic hydroxyl groups excluding tert-OH is 1. The van der Waals surface area contributed by atoms with Crippen LogP contribution in [0, 0.1) is 0 Å². The molecule has 0 saturated carbocycles. The maximum absolute atomic E-state index is 11.1. The second-order valence-electron chi connectivity index (χ2n) is 4.54. The van der Waals surface area contributed by atoms with Gasteiger partial charge in [-0.05, 0) is 17.8 Å². The van der Waals surface area contributed by atoms with Gasteiger partial charge in [-0.3, -0.25) is 0 Å². The quantitative estimate of drug-likeness (QED) is 0.704. The molecule has 0 spiro atoms. The van der Waals surface area contributed by atoms with Crippen molar-refractivity contribution in [1.29, 1.82) is 0 Å². The second-order valence-corrected chi connectivity index (χ2v) is 4.93. The normalized spacial score (nSPS) is 22.3. The molecular weight excluding hydrogens is 264 g/mol. The van der Waals surface area contributed by atoms with Gasteiger partial charge in [0.25, 0.3) is 0 Å². The molecule has 19 heavy (non-hydrogen) atoms. The van der Waals surface area contributed by atoms with Crippen LogP contribution in [0.15, 0.2) is 30.3 Å². The number of carboxylic acid groups (broad SMARTS) is 1. The smallest absolute Gasteiger partial charge is 0.326 e. The van der Waals surface area contributed by atoms with Crippen LogP contribution >= 0.6 is 12.2 Å². The van der Waals surface area contributed by atoms with E-state index >= 15 is 0 Å². The van der Waals surface area contributed by atoms with E-state index in [0.29, 0.717) is 11.7 Å². The highest BCUT2D eigenvalue weighted by atomic mass is 32.1. The first-order chi connectivity index (χ1) is 9.08. The fraction of sp³-hybridized carbons (Fsp3) is 0.385. The average molecular weight is 280 g/mol. The highest BCUT2D eigenvalue weighted by molar-refractivity contribution is 7.80. The van der Waals surface area contributed by atoms with Gasteiger partial charge in [-0.15, -0.1) is 0 Å². The average Bonchev–Trinajstić information content (AvgIpc) is 2.79. The van der Waals surface area contributed by atoms with E-state index in [1.165, 1.54) is 4.90 Å². The van der Waals surface area contributed by atoms with Crippen LogP contribution in [0.4, 0.5) is 0 Å². The molecule has 6 heteroatoms. The van der Waals surface area contributed by atoms with Gasteiger partial charge >= 0.3 is 5.97 Å². The molecule has 1 fully saturated rings. The fourth-order valence-electron chi connectivity index (χ4n) is 2.15. The number of hydrogen-bond donors (Lipinski definition) is 3. The number of carboxylic acids is 1. The van der Waals surface area contributed by atoms with Crippen molar-refractivity contribution in [2.75, 3.05) is 6.54 Å². The summed E-state index contributed by atoms with van der Waals surface area (Å²) in [5.74, 6) is -0.958. The van der Waals surface area contributed by atoms with Gasteiger partial charge in [-0.1, -0.05) is 30.3 Å². The predicted octanol–water partition coefficient (Wildman–Crippen LogP) is 0.581. The van der Waals surface area contributed by atoms with E-state index in [9.17, 15) is 9.90 Å². The SMILES string of the molecule is O=C(O)C1CC(O)CN1C(=S)NCc1ccccc1. The van der Waals surface area contributed by atoms with Crippen molar-refractivity contribution in [3.63, 3.8) is 0 Å². The number of aliphatic carboxylic acids is 1. The number of carbonyl (C=O) groups is 1. The molecule has 1 aliphatic rings. The van der Waals surface area contributed by atoms with Crippen LogP contribution in [0.2, 0.25) is 0 Å². The van der Waals surface area contributed by atoms with Gasteiger partial charge in [0.1, 0.15) is 6.04 Å². The van der Waals surface area contributed by atoms with Gasteiger partial charge in [0.05, 0.1) is 6.10 Å². The van der Waals surface area contributed by atoms with Crippen LogP contribution in [-0.2, 0) is 11.3 Å². The van der Waals surface area contributed by atoms with E-state index < -0.39 is 18.1 Å². The third kappa shape index (κ3) is 3.42. The second kappa shape index (κ2) is 5.99. The Balaban J connectivity index is 1.94. The summed E-state index contributed by atoms with van der Waals surface area (Å²) >= 11 is 5.20. The number of thiocarbonyl (C=S) groups is 1. The molecule has 0 bridgehead atoms. The lowest BCUT2D eigenvalue weighted by Crippen LogP contribution is -2.45. The Hall–Kier alpha value is -1.66. The topological polar surface area (TPSA) is 72.8 Å². The van der Waals surface area contributed by atoms with E-state index in [-0.39, 0.29) is 13.0 Å². The van der Waals surface area contributed by atoms with E-state index in [0.717, 1.165) is 5.56 Å². The van der Waals surface area contributed by atoms with E-state index in [4.69, 9.17) is 17.3 Å². The molecule has 3 N–H and O–H groups in total. The highest BCUT2D eigenvalue weighted by Crippen LogP contribution is 2.18. The van der Waals surface area contributed by atoms with Crippen LogP contribution < -0.4 is 5.32 Å². The van der Waals surface area contributed by atoms with Gasteiger partial charge in [0.2, 0.25) is 0 Å². The first-order valence-corrected chi connectivity index (χ1v) is 6.48. The van der Waals surface area contributed by atoms with Crippen molar-refractivity contribution in [2.45, 2.75) is 25.1 Å². The Labute approximate surface area is 116 Å². The predicted molar refractivity (Wildman–Crippen MR) is 74.6 cm³/mol. The molecule has 0 aromatic heterocycles. The van der Waals surface area contributed by atoms with Gasteiger partial charge in [0.15, 0.2) is 5.11 Å². The number of rotatable bonds is 3. The summed E-state index contributed by atoms with van der Waals surface area (Å²) in [6.45, 7) is 0.802. The maximum atomic E-state index is 11.1. The van der Waals surface area contributed by atoms with E-state index in [1.807, 2.05) is 30.3 Å². The number of hydrogen-bond acceptors (Lipinski definition) is 3. The van der Waals surface area contributed by atoms with E-state index in [2.05, 4.69) is 5.32 Å². The lowest BCUT2D eigenvalue weighted by molar-refractivity contribution is -0.141. The van der Waals surface area contributed by atoms with E-state index in [1.54, 1.807) is 0 Å². The minimum atomic E-state index is -0.958. The number of nitrogens with one attached hydrogen (secondary N) is 1. The molecule has 2 unspecified atom stereocenters. The summed E-state index contributed by atoms with van der Waals surface area (Å²) in [6, 6.07) is 8.97. The van der Waals surface area contributed by atoms with Crippen LogP contribution in [0.1, 0.15) is 12.0 Å². The Morgan fingerprint density at radius 3 is 2.74 bits per heavy atom. The number of likely N-dealkylation sites (tertiary alicyclic amines) is 1. The number of aliphatic hydroxyl groups is 1. The van der Waals surface area contributed by atoms with Gasteiger partial charge < -0.3 is 20.4 Å². The van der Waals surface area contributed by atoms with Crippen molar-refractivity contribution >= 4 is 23.3 Å². The summed E-state index contributed by atoms with van der Waals surface area (Å²) in [4.78, 5) is 12.6. The Morgan fingerprint density at radius 2 is 2.11 bits per heavy atom. The molecule has 2 atom stereocenters. The molecule has 0 radical (unpaired) electrons. The molecule has 1 aromatic rings. The summed E-state index contributed by atoms with van der Waals surface area (Å²) in [7, 11) is 0. The zero-order chi connectivity index (χ0) is 13.8. The molecule has 102 valence electrons. The molecule has 1 aliphatic heterocycles. The standard InChI is InChI=1S/C13H16N2O3S/c16-10-6-11(12(17)18)15(8-10)13(19)14-7-9-4-2-1-3-5-9/h1-5,10-11,16H,6-8H2,(H,14,19)(H,17,18). The summed E-state index contributed by atoms with van der Waals surface area (Å²) in [5, 5.41) is 22.1. The molecule has 0 aliphatic carbocycles. The molecule has 5 nitrogen and oxygen atoms in total. The van der Waals surface area contributed by atoms with Gasteiger partial charge in [-0.25, -0.2) is 4.79 Å². The number of benzene rings is 1. The van der Waals surface area contributed by atoms with Crippen molar-refractivity contribution in [3.05, 3.63) is 35.9 Å². The Kier molecular flexibility index (Phi) is 4.34. The van der Waals surface area contributed by atoms with Crippen molar-refractivity contribution in [2.24, 2.45) is 0 Å². The monoisotopic (exact) mass is 280 g/mol. The fourth-order valence-corrected chi connectivity index (χ4v) is 2.42. The highest BCUT2D eigenvalue weighted by Gasteiger charge is 2.37. The third-order valence-corrected chi connectivity index (χ3v) is 3.49. The summed E-state index contributed by atoms with van der Waals surface area (Å²) in [6.07, 6.45) is -0.430. The Bertz CT molecular complexity index is 466. The minimum absolute atomic E-state index is 0.211. The summed E-state index contributed by atoms with van der Waals surface area (Å²) < 4.78 is 0. The summed E-state index contributed by atoms with van der Waals surface area (Å²) in [5.41, 5.74) is 1.07. The molecular formula is C13H16N2O3S.